The second-order valence-electron chi connectivity index (χ2n) is 5.34. The number of nitrogens with zero attached hydrogens (tertiary/aromatic N) is 4. The van der Waals surface area contributed by atoms with E-state index < -0.39 is 0 Å². The van der Waals surface area contributed by atoms with Gasteiger partial charge in [0.25, 0.3) is 0 Å². The van der Waals surface area contributed by atoms with Crippen molar-refractivity contribution in [2.75, 3.05) is 6.54 Å². The first kappa shape index (κ1) is 14.4. The molecule has 8 heteroatoms. The van der Waals surface area contributed by atoms with Crippen LogP contribution in [0.25, 0.3) is 11.0 Å². The van der Waals surface area contributed by atoms with Crippen LogP contribution >= 0.6 is 23.2 Å². The summed E-state index contributed by atoms with van der Waals surface area (Å²) in [5.74, 6) is 0.610. The number of halogens is 2. The van der Waals surface area contributed by atoms with Crippen LogP contribution in [0.1, 0.15) is 23.5 Å². The van der Waals surface area contributed by atoms with E-state index in [-0.39, 0.29) is 12.0 Å². The summed E-state index contributed by atoms with van der Waals surface area (Å²) in [5.41, 5.74) is 2.18. The molecule has 1 aliphatic heterocycles. The predicted octanol–water partition coefficient (Wildman–Crippen LogP) is 2.96. The zero-order valence-electron chi connectivity index (χ0n) is 11.8. The third kappa shape index (κ3) is 2.26. The van der Waals surface area contributed by atoms with Gasteiger partial charge < -0.3 is 9.88 Å². The standard InChI is InChI=1S/C15H11Cl2N5O/c16-9-2-1-3-10-12(9)21-15(20-10)13-8(6-22(13)7-23)11-14(17)19-5-4-18-11/h1-5,7-8,13H,6H2,(H,20,21). The number of benzene rings is 1. The fourth-order valence-electron chi connectivity index (χ4n) is 2.96. The predicted molar refractivity (Wildman–Crippen MR) is 86.4 cm³/mol. The Balaban J connectivity index is 1.78. The highest BCUT2D eigenvalue weighted by molar-refractivity contribution is 6.34. The molecule has 4 rings (SSSR count). The normalized spacial score (nSPS) is 20.5. The molecule has 116 valence electrons. The Morgan fingerprint density at radius 1 is 1.26 bits per heavy atom. The number of carbonyl (C=O) groups excluding carboxylic acids is 1. The van der Waals surface area contributed by atoms with Crippen LogP contribution in [-0.4, -0.2) is 37.8 Å². The Kier molecular flexibility index (Phi) is 3.43. The van der Waals surface area contributed by atoms with Gasteiger partial charge in [-0.2, -0.15) is 0 Å². The van der Waals surface area contributed by atoms with Crippen LogP contribution in [0.5, 0.6) is 0 Å². The minimum atomic E-state index is -0.259. The summed E-state index contributed by atoms with van der Waals surface area (Å²) in [6.07, 6.45) is 3.94. The zero-order chi connectivity index (χ0) is 16.0. The number of hydrogen-bond acceptors (Lipinski definition) is 4. The van der Waals surface area contributed by atoms with Crippen molar-refractivity contribution in [2.45, 2.75) is 12.0 Å². The number of aromatic nitrogens is 4. The van der Waals surface area contributed by atoms with Gasteiger partial charge in [-0.3, -0.25) is 9.78 Å². The number of aromatic amines is 1. The minimum absolute atomic E-state index is 0.0549. The smallest absolute Gasteiger partial charge is 0.210 e. The lowest BCUT2D eigenvalue weighted by molar-refractivity contribution is -0.127. The molecular formula is C15H11Cl2N5O. The van der Waals surface area contributed by atoms with Crippen LogP contribution in [-0.2, 0) is 4.79 Å². The van der Waals surface area contributed by atoms with E-state index in [9.17, 15) is 4.79 Å². The monoisotopic (exact) mass is 347 g/mol. The van der Waals surface area contributed by atoms with Crippen LogP contribution in [0.3, 0.4) is 0 Å². The fourth-order valence-corrected chi connectivity index (χ4v) is 3.42. The average Bonchev–Trinajstić information content (AvgIpc) is 2.93. The van der Waals surface area contributed by atoms with Crippen LogP contribution in [0.15, 0.2) is 30.6 Å². The highest BCUT2D eigenvalue weighted by Crippen LogP contribution is 2.44. The summed E-state index contributed by atoms with van der Waals surface area (Å²) in [4.78, 5) is 29.1. The number of amides is 1. The van der Waals surface area contributed by atoms with Gasteiger partial charge in [0.15, 0.2) is 5.15 Å². The first-order valence-electron chi connectivity index (χ1n) is 7.00. The molecule has 2 unspecified atom stereocenters. The highest BCUT2D eigenvalue weighted by atomic mass is 35.5. The molecule has 1 N–H and O–H groups in total. The Hall–Kier alpha value is -2.18. The molecule has 0 aliphatic carbocycles. The number of carbonyl (C=O) groups is 1. The number of H-pyrrole nitrogens is 1. The molecule has 6 nitrogen and oxygen atoms in total. The van der Waals surface area contributed by atoms with E-state index in [4.69, 9.17) is 23.2 Å². The second kappa shape index (κ2) is 5.47. The van der Waals surface area contributed by atoms with Crippen molar-refractivity contribution in [3.8, 4) is 0 Å². The van der Waals surface area contributed by atoms with Crippen LogP contribution in [0.4, 0.5) is 0 Å². The van der Waals surface area contributed by atoms with Crippen molar-refractivity contribution in [3.05, 3.63) is 52.3 Å². The lowest BCUT2D eigenvalue weighted by Gasteiger charge is -2.44. The maximum Gasteiger partial charge on any atom is 0.210 e. The second-order valence-corrected chi connectivity index (χ2v) is 6.11. The number of hydrogen-bond donors (Lipinski definition) is 1. The van der Waals surface area contributed by atoms with Gasteiger partial charge in [0.05, 0.1) is 27.8 Å². The van der Waals surface area contributed by atoms with E-state index in [0.29, 0.717) is 28.2 Å². The first-order valence-corrected chi connectivity index (χ1v) is 7.76. The van der Waals surface area contributed by atoms with Gasteiger partial charge in [-0.15, -0.1) is 0 Å². The van der Waals surface area contributed by atoms with Crippen LogP contribution in [0.2, 0.25) is 10.2 Å². The molecule has 0 spiro atoms. The SMILES string of the molecule is O=CN1CC(c2nccnc2Cl)C1c1nc2cccc(Cl)c2[nH]1. The molecule has 0 bridgehead atoms. The van der Waals surface area contributed by atoms with E-state index >= 15 is 0 Å². The van der Waals surface area contributed by atoms with Gasteiger partial charge in [0.2, 0.25) is 6.41 Å². The van der Waals surface area contributed by atoms with Gasteiger partial charge in [0, 0.05) is 24.9 Å². The Bertz CT molecular complexity index is 896. The summed E-state index contributed by atoms with van der Waals surface area (Å²) in [6, 6.07) is 5.24. The van der Waals surface area contributed by atoms with Crippen molar-refractivity contribution in [3.63, 3.8) is 0 Å². The van der Waals surface area contributed by atoms with E-state index in [1.165, 1.54) is 6.20 Å². The van der Waals surface area contributed by atoms with Crippen molar-refractivity contribution >= 4 is 40.6 Å². The summed E-state index contributed by atoms with van der Waals surface area (Å²) < 4.78 is 0. The summed E-state index contributed by atoms with van der Waals surface area (Å²) in [7, 11) is 0. The number of nitrogens with one attached hydrogen (secondary N) is 1. The summed E-state index contributed by atoms with van der Waals surface area (Å²) in [6.45, 7) is 0.525. The van der Waals surface area contributed by atoms with Crippen molar-refractivity contribution < 1.29 is 4.79 Å². The maximum atomic E-state index is 11.3. The highest BCUT2D eigenvalue weighted by Gasteiger charge is 2.44. The Morgan fingerprint density at radius 3 is 2.83 bits per heavy atom. The van der Waals surface area contributed by atoms with Gasteiger partial charge >= 0.3 is 0 Å². The quantitative estimate of drug-likeness (QED) is 0.739. The molecule has 3 aromatic rings. The largest absolute Gasteiger partial charge is 0.339 e. The molecule has 1 aliphatic rings. The number of fused-ring (bicyclic) bond motifs is 1. The number of imidazole rings is 1. The number of rotatable bonds is 3. The molecule has 2 aromatic heterocycles. The first-order chi connectivity index (χ1) is 11.2. The van der Waals surface area contributed by atoms with E-state index in [2.05, 4.69) is 19.9 Å². The topological polar surface area (TPSA) is 74.8 Å². The maximum absolute atomic E-state index is 11.3. The number of para-hydroxylation sites is 1. The van der Waals surface area contributed by atoms with Gasteiger partial charge in [0.1, 0.15) is 5.82 Å². The Morgan fingerprint density at radius 2 is 2.09 bits per heavy atom. The van der Waals surface area contributed by atoms with Crippen LogP contribution in [0, 0.1) is 0 Å². The van der Waals surface area contributed by atoms with Gasteiger partial charge in [-0.05, 0) is 12.1 Å². The van der Waals surface area contributed by atoms with Gasteiger partial charge in [-0.1, -0.05) is 29.3 Å². The van der Waals surface area contributed by atoms with E-state index in [0.717, 1.165) is 17.4 Å². The average molecular weight is 348 g/mol. The molecule has 1 fully saturated rings. The van der Waals surface area contributed by atoms with Crippen LogP contribution < -0.4 is 0 Å². The molecular weight excluding hydrogens is 337 g/mol. The third-order valence-corrected chi connectivity index (χ3v) is 4.68. The minimum Gasteiger partial charge on any atom is -0.339 e. The molecule has 1 amide bonds. The molecule has 23 heavy (non-hydrogen) atoms. The fraction of sp³-hybridized carbons (Fsp3) is 0.200. The molecule has 1 saturated heterocycles. The van der Waals surface area contributed by atoms with Crippen molar-refractivity contribution in [1.29, 1.82) is 0 Å². The molecule has 2 atom stereocenters. The van der Waals surface area contributed by atoms with Crippen molar-refractivity contribution in [1.82, 2.24) is 24.8 Å². The third-order valence-electron chi connectivity index (χ3n) is 4.08. The molecule has 0 saturated carbocycles. The van der Waals surface area contributed by atoms with E-state index in [1.54, 1.807) is 17.2 Å². The molecule has 1 aromatic carbocycles. The molecule has 3 heterocycles. The Labute approximate surface area is 141 Å². The van der Waals surface area contributed by atoms with E-state index in [1.807, 2.05) is 12.1 Å². The summed E-state index contributed by atoms with van der Waals surface area (Å²) >= 11 is 12.3. The van der Waals surface area contributed by atoms with Gasteiger partial charge in [-0.25, -0.2) is 9.97 Å². The summed E-state index contributed by atoms with van der Waals surface area (Å²) in [5, 5.41) is 0.939. The lowest BCUT2D eigenvalue weighted by atomic mass is 9.86. The lowest BCUT2D eigenvalue weighted by Crippen LogP contribution is -2.48. The number of likely N-dealkylation sites (tertiary alicyclic amines) is 1. The zero-order valence-corrected chi connectivity index (χ0v) is 13.3. The van der Waals surface area contributed by atoms with Crippen molar-refractivity contribution in [2.24, 2.45) is 0 Å². The molecule has 0 radical (unpaired) electrons.